The van der Waals surface area contributed by atoms with Gasteiger partial charge >= 0.3 is 0 Å². The van der Waals surface area contributed by atoms with Gasteiger partial charge in [-0.25, -0.2) is 9.67 Å². The Bertz CT molecular complexity index is 617. The zero-order valence-corrected chi connectivity index (χ0v) is 11.3. The van der Waals surface area contributed by atoms with E-state index < -0.39 is 0 Å². The molecule has 0 unspecified atom stereocenters. The van der Waals surface area contributed by atoms with Gasteiger partial charge in [-0.2, -0.15) is 5.10 Å². The third kappa shape index (κ3) is 2.55. The fourth-order valence-electron chi connectivity index (χ4n) is 2.25. The molecule has 2 aromatic rings. The highest BCUT2D eigenvalue weighted by molar-refractivity contribution is 5.75. The fourth-order valence-corrected chi connectivity index (χ4v) is 2.25. The summed E-state index contributed by atoms with van der Waals surface area (Å²) in [4.78, 5) is 17.6. The lowest BCUT2D eigenvalue weighted by atomic mass is 10.2. The second-order valence-corrected chi connectivity index (χ2v) is 4.73. The van der Waals surface area contributed by atoms with Gasteiger partial charge in [0.2, 0.25) is 0 Å². The molecule has 20 heavy (non-hydrogen) atoms. The first kappa shape index (κ1) is 12.8. The van der Waals surface area contributed by atoms with Gasteiger partial charge in [-0.3, -0.25) is 4.79 Å². The number of aromatic nitrogens is 3. The minimum Gasteiger partial charge on any atom is -0.378 e. The number of nitrogens with zero attached hydrogens (tertiary/aromatic N) is 4. The van der Waals surface area contributed by atoms with Crippen molar-refractivity contribution in [2.75, 3.05) is 31.2 Å². The minimum absolute atomic E-state index is 0.414. The second-order valence-electron chi connectivity index (χ2n) is 4.73. The minimum atomic E-state index is 0.414. The van der Waals surface area contributed by atoms with Gasteiger partial charge in [0, 0.05) is 31.0 Å². The fraction of sp³-hybridized carbons (Fsp3) is 0.357. The quantitative estimate of drug-likeness (QED) is 0.786. The van der Waals surface area contributed by atoms with Gasteiger partial charge in [-0.05, 0) is 19.1 Å². The van der Waals surface area contributed by atoms with Crippen LogP contribution in [-0.4, -0.2) is 47.4 Å². The van der Waals surface area contributed by atoms with Gasteiger partial charge < -0.3 is 9.64 Å². The number of hydrogen-bond donors (Lipinski definition) is 0. The van der Waals surface area contributed by atoms with Crippen molar-refractivity contribution < 1.29 is 9.53 Å². The Kier molecular flexibility index (Phi) is 3.47. The third-order valence-corrected chi connectivity index (χ3v) is 3.27. The van der Waals surface area contributed by atoms with Gasteiger partial charge in [-0.1, -0.05) is 0 Å². The molecule has 0 atom stereocenters. The van der Waals surface area contributed by atoms with Crippen molar-refractivity contribution in [1.29, 1.82) is 0 Å². The molecule has 1 fully saturated rings. The van der Waals surface area contributed by atoms with Gasteiger partial charge in [-0.15, -0.1) is 0 Å². The van der Waals surface area contributed by atoms with Crippen LogP contribution in [0.1, 0.15) is 16.2 Å². The van der Waals surface area contributed by atoms with Gasteiger partial charge in [0.05, 0.1) is 18.9 Å². The predicted octanol–water partition coefficient (Wildman–Crippen LogP) is 1.22. The lowest BCUT2D eigenvalue weighted by Crippen LogP contribution is -2.36. The maximum absolute atomic E-state index is 11.1. The van der Waals surface area contributed by atoms with Crippen molar-refractivity contribution in [2.24, 2.45) is 0 Å². The standard InChI is InChI=1S/C14H16N4O2/c1-11-2-3-18(16-11)14-9-13(8-12(10-19)15-14)17-4-6-20-7-5-17/h2-3,8-10H,4-7H2,1H3. The van der Waals surface area contributed by atoms with Crippen LogP contribution in [0, 0.1) is 6.92 Å². The largest absolute Gasteiger partial charge is 0.378 e. The zero-order valence-electron chi connectivity index (χ0n) is 11.3. The van der Waals surface area contributed by atoms with E-state index >= 15 is 0 Å². The summed E-state index contributed by atoms with van der Waals surface area (Å²) in [5.74, 6) is 0.657. The molecular formula is C14H16N4O2. The molecule has 0 saturated carbocycles. The molecule has 1 aliphatic rings. The van der Waals surface area contributed by atoms with Crippen LogP contribution in [0.5, 0.6) is 0 Å². The number of carbonyl (C=O) groups is 1. The van der Waals surface area contributed by atoms with Gasteiger partial charge in [0.1, 0.15) is 5.69 Å². The molecule has 1 aliphatic heterocycles. The molecule has 0 bridgehead atoms. The summed E-state index contributed by atoms with van der Waals surface area (Å²) in [5, 5.41) is 4.34. The summed E-state index contributed by atoms with van der Waals surface area (Å²) >= 11 is 0. The smallest absolute Gasteiger partial charge is 0.168 e. The molecule has 104 valence electrons. The summed E-state index contributed by atoms with van der Waals surface area (Å²) in [6.45, 7) is 4.96. The molecule has 6 nitrogen and oxygen atoms in total. The Balaban J connectivity index is 2.00. The van der Waals surface area contributed by atoms with Crippen molar-refractivity contribution >= 4 is 12.0 Å². The summed E-state index contributed by atoms with van der Waals surface area (Å²) in [6.07, 6.45) is 2.61. The maximum Gasteiger partial charge on any atom is 0.168 e. The van der Waals surface area contributed by atoms with E-state index in [1.807, 2.05) is 25.3 Å². The van der Waals surface area contributed by atoms with Gasteiger partial charge in [0.15, 0.2) is 12.1 Å². The number of anilines is 1. The highest BCUT2D eigenvalue weighted by Gasteiger charge is 2.14. The SMILES string of the molecule is Cc1ccn(-c2cc(N3CCOCC3)cc(C=O)n2)n1. The molecule has 0 aliphatic carbocycles. The summed E-state index contributed by atoms with van der Waals surface area (Å²) in [6, 6.07) is 5.66. The molecule has 0 amide bonds. The molecule has 3 rings (SSSR count). The molecule has 3 heterocycles. The summed E-state index contributed by atoms with van der Waals surface area (Å²) in [5.41, 5.74) is 2.31. The number of rotatable bonds is 3. The van der Waals surface area contributed by atoms with Crippen molar-refractivity contribution in [1.82, 2.24) is 14.8 Å². The van der Waals surface area contributed by atoms with Crippen molar-refractivity contribution in [3.05, 3.63) is 35.8 Å². The second kappa shape index (κ2) is 5.42. The molecule has 6 heteroatoms. The normalized spacial score (nSPS) is 15.3. The highest BCUT2D eigenvalue weighted by atomic mass is 16.5. The number of morpholine rings is 1. The average Bonchev–Trinajstić information content (AvgIpc) is 2.94. The molecule has 0 aromatic carbocycles. The van der Waals surface area contributed by atoms with Crippen molar-refractivity contribution in [2.45, 2.75) is 6.92 Å². The number of carbonyl (C=O) groups excluding carboxylic acids is 1. The number of hydrogen-bond acceptors (Lipinski definition) is 5. The molecule has 0 N–H and O–H groups in total. The highest BCUT2D eigenvalue weighted by Crippen LogP contribution is 2.19. The van der Waals surface area contributed by atoms with Crippen molar-refractivity contribution in [3.8, 4) is 5.82 Å². The average molecular weight is 272 g/mol. The van der Waals surface area contributed by atoms with E-state index in [1.54, 1.807) is 10.7 Å². The van der Waals surface area contributed by atoms with Crippen LogP contribution in [0.2, 0.25) is 0 Å². The first-order valence-electron chi connectivity index (χ1n) is 6.59. The summed E-state index contributed by atoms with van der Waals surface area (Å²) < 4.78 is 7.04. The van der Waals surface area contributed by atoms with Crippen molar-refractivity contribution in [3.63, 3.8) is 0 Å². The van der Waals surface area contributed by atoms with Crippen LogP contribution in [0.4, 0.5) is 5.69 Å². The Labute approximate surface area is 117 Å². The first-order chi connectivity index (χ1) is 9.76. The number of aldehydes is 1. The van der Waals surface area contributed by atoms with E-state index in [-0.39, 0.29) is 0 Å². The lowest BCUT2D eigenvalue weighted by Gasteiger charge is -2.29. The third-order valence-electron chi connectivity index (χ3n) is 3.27. The molecule has 2 aromatic heterocycles. The maximum atomic E-state index is 11.1. The Morgan fingerprint density at radius 3 is 2.75 bits per heavy atom. The van der Waals surface area contributed by atoms with Gasteiger partial charge in [0.25, 0.3) is 0 Å². The summed E-state index contributed by atoms with van der Waals surface area (Å²) in [7, 11) is 0. The topological polar surface area (TPSA) is 60.2 Å². The number of pyridine rings is 1. The Morgan fingerprint density at radius 2 is 2.10 bits per heavy atom. The molecule has 0 spiro atoms. The van der Waals surface area contributed by atoms with E-state index in [4.69, 9.17) is 4.74 Å². The number of aryl methyl sites for hydroxylation is 1. The molecule has 0 radical (unpaired) electrons. The molecular weight excluding hydrogens is 256 g/mol. The van der Waals surface area contributed by atoms with E-state index in [1.165, 1.54) is 0 Å². The lowest BCUT2D eigenvalue weighted by molar-refractivity contribution is 0.111. The monoisotopic (exact) mass is 272 g/mol. The van der Waals surface area contributed by atoms with E-state index in [0.717, 1.165) is 30.8 Å². The number of ether oxygens (including phenoxy) is 1. The molecule has 1 saturated heterocycles. The first-order valence-corrected chi connectivity index (χ1v) is 6.59. The van der Waals surface area contributed by atoms with Crippen LogP contribution >= 0.6 is 0 Å². The Morgan fingerprint density at radius 1 is 1.30 bits per heavy atom. The van der Waals surface area contributed by atoms with Crippen LogP contribution < -0.4 is 4.90 Å². The van der Waals surface area contributed by atoms with Crippen LogP contribution in [0.25, 0.3) is 5.82 Å². The van der Waals surface area contributed by atoms with Crippen LogP contribution in [0.15, 0.2) is 24.4 Å². The van der Waals surface area contributed by atoms with E-state index in [9.17, 15) is 4.79 Å². The van der Waals surface area contributed by atoms with Crippen LogP contribution in [0.3, 0.4) is 0 Å². The van der Waals surface area contributed by atoms with E-state index in [0.29, 0.717) is 24.7 Å². The zero-order chi connectivity index (χ0) is 13.9. The van der Waals surface area contributed by atoms with Crippen LogP contribution in [-0.2, 0) is 4.74 Å². The van der Waals surface area contributed by atoms with E-state index in [2.05, 4.69) is 15.0 Å². The predicted molar refractivity (Wildman–Crippen MR) is 74.5 cm³/mol. The Hall–Kier alpha value is -2.21.